The van der Waals surface area contributed by atoms with Gasteiger partial charge < -0.3 is 4.74 Å². The molecule has 2 rings (SSSR count). The summed E-state index contributed by atoms with van der Waals surface area (Å²) in [6, 6.07) is 5.86. The maximum absolute atomic E-state index is 11.6. The summed E-state index contributed by atoms with van der Waals surface area (Å²) < 4.78 is 4.74. The number of aromatic nitrogens is 1. The van der Waals surface area contributed by atoms with Crippen molar-refractivity contribution in [3.63, 3.8) is 0 Å². The maximum Gasteiger partial charge on any atom is 0.339 e. The smallest absolute Gasteiger partial charge is 0.339 e. The number of methoxy groups -OCH3 is 1. The Hall–Kier alpha value is -1.90. The SMILES string of the molecule is COC(=O)c1cc2ccc(C)c(C)c2nc1C. The Morgan fingerprint density at radius 3 is 2.59 bits per heavy atom. The minimum absolute atomic E-state index is 0.338. The molecule has 1 heterocycles. The highest BCUT2D eigenvalue weighted by atomic mass is 16.5. The molecule has 0 saturated heterocycles. The van der Waals surface area contributed by atoms with Crippen molar-refractivity contribution in [2.45, 2.75) is 20.8 Å². The summed E-state index contributed by atoms with van der Waals surface area (Å²) in [6.07, 6.45) is 0. The van der Waals surface area contributed by atoms with Crippen LogP contribution in [0.3, 0.4) is 0 Å². The number of benzene rings is 1. The zero-order valence-corrected chi connectivity index (χ0v) is 10.5. The van der Waals surface area contributed by atoms with Crippen LogP contribution in [0.1, 0.15) is 27.2 Å². The van der Waals surface area contributed by atoms with Crippen LogP contribution in [0, 0.1) is 20.8 Å². The third-order valence-electron chi connectivity index (χ3n) is 3.11. The molecule has 0 amide bonds. The predicted octanol–water partition coefficient (Wildman–Crippen LogP) is 2.95. The van der Waals surface area contributed by atoms with Gasteiger partial charge in [-0.1, -0.05) is 12.1 Å². The molecule has 0 fully saturated rings. The highest BCUT2D eigenvalue weighted by Gasteiger charge is 2.12. The monoisotopic (exact) mass is 229 g/mol. The van der Waals surface area contributed by atoms with E-state index in [1.165, 1.54) is 12.7 Å². The molecule has 0 unspecified atom stereocenters. The minimum atomic E-state index is -0.338. The van der Waals surface area contributed by atoms with E-state index in [0.29, 0.717) is 11.3 Å². The van der Waals surface area contributed by atoms with E-state index in [2.05, 4.69) is 11.9 Å². The van der Waals surface area contributed by atoms with Crippen LogP contribution in [0.5, 0.6) is 0 Å². The third-order valence-corrected chi connectivity index (χ3v) is 3.11. The van der Waals surface area contributed by atoms with E-state index >= 15 is 0 Å². The second kappa shape index (κ2) is 4.17. The molecule has 0 radical (unpaired) electrons. The second-order valence-electron chi connectivity index (χ2n) is 4.19. The molecule has 0 atom stereocenters. The molecular weight excluding hydrogens is 214 g/mol. The average Bonchev–Trinajstić information content (AvgIpc) is 2.33. The van der Waals surface area contributed by atoms with Crippen molar-refractivity contribution < 1.29 is 9.53 Å². The lowest BCUT2D eigenvalue weighted by molar-refractivity contribution is 0.0599. The molecule has 0 aliphatic heterocycles. The first-order chi connectivity index (χ1) is 8.04. The van der Waals surface area contributed by atoms with Crippen molar-refractivity contribution in [2.24, 2.45) is 0 Å². The first kappa shape index (κ1) is 11.6. The first-order valence-electron chi connectivity index (χ1n) is 5.50. The van der Waals surface area contributed by atoms with Crippen LogP contribution in [-0.4, -0.2) is 18.1 Å². The second-order valence-corrected chi connectivity index (χ2v) is 4.19. The molecule has 0 spiro atoms. The standard InChI is InChI=1S/C14H15NO2/c1-8-5-6-11-7-12(14(16)17-4)10(3)15-13(11)9(8)2/h5-7H,1-4H3. The van der Waals surface area contributed by atoms with Gasteiger partial charge in [0.25, 0.3) is 0 Å². The van der Waals surface area contributed by atoms with Crippen LogP contribution in [-0.2, 0) is 4.74 Å². The van der Waals surface area contributed by atoms with Crippen molar-refractivity contribution in [1.82, 2.24) is 4.98 Å². The number of pyridine rings is 1. The van der Waals surface area contributed by atoms with Gasteiger partial charge in [0, 0.05) is 5.39 Å². The van der Waals surface area contributed by atoms with E-state index < -0.39 is 0 Å². The van der Waals surface area contributed by atoms with Crippen molar-refractivity contribution in [2.75, 3.05) is 7.11 Å². The van der Waals surface area contributed by atoms with Crippen molar-refractivity contribution in [3.05, 3.63) is 40.6 Å². The Balaban J connectivity index is 2.75. The van der Waals surface area contributed by atoms with E-state index in [-0.39, 0.29) is 5.97 Å². The number of hydrogen-bond donors (Lipinski definition) is 0. The number of esters is 1. The molecule has 0 saturated carbocycles. The summed E-state index contributed by atoms with van der Waals surface area (Å²) in [5.41, 5.74) is 4.55. The number of carbonyl (C=O) groups excluding carboxylic acids is 1. The van der Waals surface area contributed by atoms with E-state index in [9.17, 15) is 4.79 Å². The lowest BCUT2D eigenvalue weighted by Crippen LogP contribution is -2.06. The van der Waals surface area contributed by atoms with Gasteiger partial charge in [0.05, 0.1) is 23.9 Å². The van der Waals surface area contributed by atoms with Gasteiger partial charge in [-0.05, 0) is 38.0 Å². The first-order valence-corrected chi connectivity index (χ1v) is 5.50. The highest BCUT2D eigenvalue weighted by molar-refractivity contribution is 5.95. The van der Waals surface area contributed by atoms with Gasteiger partial charge in [-0.3, -0.25) is 4.98 Å². The molecule has 0 aliphatic rings. The molecule has 0 bridgehead atoms. The number of aryl methyl sites for hydroxylation is 3. The van der Waals surface area contributed by atoms with Crippen LogP contribution in [0.4, 0.5) is 0 Å². The Morgan fingerprint density at radius 1 is 1.24 bits per heavy atom. The third kappa shape index (κ3) is 1.88. The van der Waals surface area contributed by atoms with Gasteiger partial charge in [-0.25, -0.2) is 4.79 Å². The van der Waals surface area contributed by atoms with E-state index in [4.69, 9.17) is 4.74 Å². The fourth-order valence-electron chi connectivity index (χ4n) is 1.89. The van der Waals surface area contributed by atoms with Gasteiger partial charge >= 0.3 is 5.97 Å². The predicted molar refractivity (Wildman–Crippen MR) is 67.3 cm³/mol. The molecule has 88 valence electrons. The molecule has 3 nitrogen and oxygen atoms in total. The van der Waals surface area contributed by atoms with Crippen molar-refractivity contribution in [3.8, 4) is 0 Å². The largest absolute Gasteiger partial charge is 0.465 e. The molecule has 3 heteroatoms. The van der Waals surface area contributed by atoms with Crippen LogP contribution in [0.15, 0.2) is 18.2 Å². The van der Waals surface area contributed by atoms with E-state index in [1.54, 1.807) is 0 Å². The van der Waals surface area contributed by atoms with Crippen LogP contribution in [0.2, 0.25) is 0 Å². The normalized spacial score (nSPS) is 10.6. The van der Waals surface area contributed by atoms with Crippen molar-refractivity contribution in [1.29, 1.82) is 0 Å². The quantitative estimate of drug-likeness (QED) is 0.706. The fourth-order valence-corrected chi connectivity index (χ4v) is 1.89. The topological polar surface area (TPSA) is 39.2 Å². The minimum Gasteiger partial charge on any atom is -0.465 e. The summed E-state index contributed by atoms with van der Waals surface area (Å²) in [5, 5.41) is 0.971. The molecular formula is C14H15NO2. The lowest BCUT2D eigenvalue weighted by atomic mass is 10.0. The number of ether oxygens (including phenoxy) is 1. The highest BCUT2D eigenvalue weighted by Crippen LogP contribution is 2.22. The van der Waals surface area contributed by atoms with Gasteiger partial charge in [0.2, 0.25) is 0 Å². The summed E-state index contributed by atoms with van der Waals surface area (Å²) in [7, 11) is 1.38. The van der Waals surface area contributed by atoms with Gasteiger partial charge in [-0.15, -0.1) is 0 Å². The Morgan fingerprint density at radius 2 is 1.94 bits per heavy atom. The van der Waals surface area contributed by atoms with E-state index in [1.807, 2.05) is 32.0 Å². The van der Waals surface area contributed by atoms with Crippen LogP contribution >= 0.6 is 0 Å². The fraction of sp³-hybridized carbons (Fsp3) is 0.286. The van der Waals surface area contributed by atoms with E-state index in [0.717, 1.165) is 16.5 Å². The Bertz CT molecular complexity index is 603. The van der Waals surface area contributed by atoms with Crippen LogP contribution < -0.4 is 0 Å². The number of nitrogens with zero attached hydrogens (tertiary/aromatic N) is 1. The van der Waals surface area contributed by atoms with Gasteiger partial charge in [-0.2, -0.15) is 0 Å². The molecule has 1 aromatic heterocycles. The summed E-state index contributed by atoms with van der Waals surface area (Å²) in [6.45, 7) is 5.93. The summed E-state index contributed by atoms with van der Waals surface area (Å²) in [4.78, 5) is 16.1. The summed E-state index contributed by atoms with van der Waals surface area (Å²) >= 11 is 0. The molecule has 2 aromatic rings. The van der Waals surface area contributed by atoms with Gasteiger partial charge in [0.1, 0.15) is 0 Å². The summed E-state index contributed by atoms with van der Waals surface area (Å²) in [5.74, 6) is -0.338. The molecule has 1 aromatic carbocycles. The molecule has 0 N–H and O–H groups in total. The Labute approximate surface area is 100 Å². The average molecular weight is 229 g/mol. The Kier molecular flexibility index (Phi) is 2.84. The number of carbonyl (C=O) groups is 1. The zero-order valence-electron chi connectivity index (χ0n) is 10.5. The zero-order chi connectivity index (χ0) is 12.6. The number of hydrogen-bond acceptors (Lipinski definition) is 3. The number of fused-ring (bicyclic) bond motifs is 1. The lowest BCUT2D eigenvalue weighted by Gasteiger charge is -2.09. The maximum atomic E-state index is 11.6. The number of rotatable bonds is 1. The molecule has 17 heavy (non-hydrogen) atoms. The van der Waals surface area contributed by atoms with Crippen LogP contribution in [0.25, 0.3) is 10.9 Å². The van der Waals surface area contributed by atoms with Gasteiger partial charge in [0.15, 0.2) is 0 Å². The molecule has 0 aliphatic carbocycles. The van der Waals surface area contributed by atoms with Crippen molar-refractivity contribution >= 4 is 16.9 Å².